The highest BCUT2D eigenvalue weighted by atomic mass is 32.1. The van der Waals surface area contributed by atoms with E-state index in [4.69, 9.17) is 0 Å². The SMILES string of the molecule is CC1CCCC(NC(=O)c2cc3c(=O)[nH]c4ccccc4c3s2)C1C. The van der Waals surface area contributed by atoms with Crippen LogP contribution < -0.4 is 10.9 Å². The molecule has 4 rings (SSSR count). The number of pyridine rings is 1. The molecule has 3 atom stereocenters. The number of H-pyrrole nitrogens is 1. The zero-order chi connectivity index (χ0) is 17.6. The molecule has 0 radical (unpaired) electrons. The Labute approximate surface area is 150 Å². The number of nitrogens with one attached hydrogen (secondary N) is 2. The molecule has 1 aromatic carbocycles. The number of carbonyl (C=O) groups excluding carboxylic acids is 1. The fraction of sp³-hybridized carbons (Fsp3) is 0.400. The van der Waals surface area contributed by atoms with Gasteiger partial charge in [0.1, 0.15) is 0 Å². The summed E-state index contributed by atoms with van der Waals surface area (Å²) >= 11 is 1.41. The van der Waals surface area contributed by atoms with E-state index in [1.54, 1.807) is 6.07 Å². The first kappa shape index (κ1) is 16.3. The Morgan fingerprint density at radius 3 is 2.84 bits per heavy atom. The van der Waals surface area contributed by atoms with Gasteiger partial charge in [-0.25, -0.2) is 0 Å². The first-order valence-electron chi connectivity index (χ1n) is 8.90. The highest BCUT2D eigenvalue weighted by Crippen LogP contribution is 2.32. The van der Waals surface area contributed by atoms with E-state index in [2.05, 4.69) is 24.1 Å². The highest BCUT2D eigenvalue weighted by molar-refractivity contribution is 7.21. The Kier molecular flexibility index (Phi) is 4.12. The summed E-state index contributed by atoms with van der Waals surface area (Å²) in [5.41, 5.74) is 0.673. The summed E-state index contributed by atoms with van der Waals surface area (Å²) in [6.45, 7) is 4.48. The predicted molar refractivity (Wildman–Crippen MR) is 103 cm³/mol. The number of carbonyl (C=O) groups is 1. The average molecular weight is 354 g/mol. The molecular formula is C20H22N2O2S. The highest BCUT2D eigenvalue weighted by Gasteiger charge is 2.28. The van der Waals surface area contributed by atoms with Crippen molar-refractivity contribution in [3.05, 3.63) is 45.6 Å². The molecule has 3 aromatic rings. The molecule has 4 nitrogen and oxygen atoms in total. The lowest BCUT2D eigenvalue weighted by molar-refractivity contribution is 0.0895. The number of hydrogen-bond acceptors (Lipinski definition) is 3. The van der Waals surface area contributed by atoms with Crippen molar-refractivity contribution in [2.24, 2.45) is 11.8 Å². The summed E-state index contributed by atoms with van der Waals surface area (Å²) in [7, 11) is 0. The number of benzene rings is 1. The van der Waals surface area contributed by atoms with Gasteiger partial charge in [-0.2, -0.15) is 0 Å². The second-order valence-corrected chi connectivity index (χ2v) is 8.25. The quantitative estimate of drug-likeness (QED) is 0.721. The molecule has 3 unspecified atom stereocenters. The van der Waals surface area contributed by atoms with Gasteiger partial charge in [0.25, 0.3) is 11.5 Å². The number of fused-ring (bicyclic) bond motifs is 3. The number of hydrogen-bond donors (Lipinski definition) is 2. The molecule has 0 bridgehead atoms. The first-order valence-corrected chi connectivity index (χ1v) is 9.71. The molecule has 1 aliphatic carbocycles. The van der Waals surface area contributed by atoms with E-state index < -0.39 is 0 Å². The molecule has 5 heteroatoms. The van der Waals surface area contributed by atoms with Crippen molar-refractivity contribution in [3.63, 3.8) is 0 Å². The van der Waals surface area contributed by atoms with Crippen molar-refractivity contribution in [1.29, 1.82) is 0 Å². The lowest BCUT2D eigenvalue weighted by Crippen LogP contribution is -2.43. The minimum absolute atomic E-state index is 0.0596. The van der Waals surface area contributed by atoms with Gasteiger partial charge in [-0.1, -0.05) is 44.9 Å². The minimum atomic E-state index is -0.136. The van der Waals surface area contributed by atoms with Crippen LogP contribution in [0.25, 0.3) is 21.0 Å². The summed E-state index contributed by atoms with van der Waals surface area (Å²) in [5, 5.41) is 4.79. The van der Waals surface area contributed by atoms with Gasteiger partial charge in [0, 0.05) is 21.6 Å². The average Bonchev–Trinajstić information content (AvgIpc) is 3.05. The Morgan fingerprint density at radius 2 is 2.00 bits per heavy atom. The van der Waals surface area contributed by atoms with E-state index >= 15 is 0 Å². The van der Waals surface area contributed by atoms with E-state index in [1.165, 1.54) is 17.8 Å². The van der Waals surface area contributed by atoms with E-state index in [0.717, 1.165) is 28.4 Å². The third-order valence-electron chi connectivity index (χ3n) is 5.64. The molecule has 1 saturated carbocycles. The number of rotatable bonds is 2. The zero-order valence-corrected chi connectivity index (χ0v) is 15.3. The Morgan fingerprint density at radius 1 is 1.20 bits per heavy atom. The van der Waals surface area contributed by atoms with Crippen LogP contribution >= 0.6 is 11.3 Å². The molecule has 1 fully saturated rings. The molecule has 0 spiro atoms. The number of para-hydroxylation sites is 1. The third kappa shape index (κ3) is 2.86. The van der Waals surface area contributed by atoms with Crippen molar-refractivity contribution in [3.8, 4) is 0 Å². The molecule has 0 saturated heterocycles. The number of aromatic nitrogens is 1. The van der Waals surface area contributed by atoms with Crippen LogP contribution in [0, 0.1) is 11.8 Å². The Balaban J connectivity index is 1.70. The van der Waals surface area contributed by atoms with E-state index in [0.29, 0.717) is 22.1 Å². The first-order chi connectivity index (χ1) is 12.0. The molecule has 2 aromatic heterocycles. The van der Waals surface area contributed by atoms with Crippen molar-refractivity contribution >= 4 is 38.2 Å². The molecule has 1 amide bonds. The maximum atomic E-state index is 12.8. The van der Waals surface area contributed by atoms with Gasteiger partial charge in [0.05, 0.1) is 10.3 Å². The molecule has 2 heterocycles. The van der Waals surface area contributed by atoms with Crippen molar-refractivity contribution in [2.75, 3.05) is 0 Å². The van der Waals surface area contributed by atoms with Gasteiger partial charge >= 0.3 is 0 Å². The van der Waals surface area contributed by atoms with Crippen LogP contribution in [0.2, 0.25) is 0 Å². The molecule has 25 heavy (non-hydrogen) atoms. The van der Waals surface area contributed by atoms with Crippen LogP contribution in [0.5, 0.6) is 0 Å². The van der Waals surface area contributed by atoms with Crippen LogP contribution in [0.4, 0.5) is 0 Å². The van der Waals surface area contributed by atoms with Crippen LogP contribution in [-0.4, -0.2) is 16.9 Å². The van der Waals surface area contributed by atoms with Gasteiger partial charge in [-0.15, -0.1) is 11.3 Å². The lowest BCUT2D eigenvalue weighted by Gasteiger charge is -2.34. The van der Waals surface area contributed by atoms with Crippen LogP contribution in [0.3, 0.4) is 0 Å². The van der Waals surface area contributed by atoms with E-state index in [1.807, 2.05) is 24.3 Å². The van der Waals surface area contributed by atoms with Crippen molar-refractivity contribution in [1.82, 2.24) is 10.3 Å². The van der Waals surface area contributed by atoms with Gasteiger partial charge in [-0.05, 0) is 30.4 Å². The topological polar surface area (TPSA) is 62.0 Å². The molecule has 2 N–H and O–H groups in total. The summed E-state index contributed by atoms with van der Waals surface area (Å²) in [4.78, 5) is 28.6. The van der Waals surface area contributed by atoms with E-state index in [9.17, 15) is 9.59 Å². The number of aromatic amines is 1. The standard InChI is InChI=1S/C20H22N2O2S/c1-11-6-5-9-15(12(11)2)21-20(24)17-10-14-18(25-17)13-7-3-4-8-16(13)22-19(14)23/h3-4,7-8,10-12,15H,5-6,9H2,1-2H3,(H,21,24)(H,22,23). The second kappa shape index (κ2) is 6.30. The second-order valence-electron chi connectivity index (χ2n) is 7.20. The molecule has 1 aliphatic rings. The van der Waals surface area contributed by atoms with E-state index in [-0.39, 0.29) is 17.5 Å². The van der Waals surface area contributed by atoms with Gasteiger partial charge in [-0.3, -0.25) is 9.59 Å². The molecular weight excluding hydrogens is 332 g/mol. The molecule has 0 aliphatic heterocycles. The zero-order valence-electron chi connectivity index (χ0n) is 14.5. The number of thiophene rings is 1. The third-order valence-corrected chi connectivity index (χ3v) is 6.81. The van der Waals surface area contributed by atoms with Crippen molar-refractivity contribution in [2.45, 2.75) is 39.2 Å². The normalized spacial score (nSPS) is 23.8. The summed E-state index contributed by atoms with van der Waals surface area (Å²) in [6.07, 6.45) is 3.43. The fourth-order valence-electron chi connectivity index (χ4n) is 3.88. The maximum Gasteiger partial charge on any atom is 0.261 e. The number of amides is 1. The van der Waals surface area contributed by atoms with Gasteiger partial charge in [0.15, 0.2) is 0 Å². The Hall–Kier alpha value is -2.14. The predicted octanol–water partition coefficient (Wildman–Crippen LogP) is 4.30. The largest absolute Gasteiger partial charge is 0.348 e. The maximum absolute atomic E-state index is 12.8. The summed E-state index contributed by atoms with van der Waals surface area (Å²) < 4.78 is 0.884. The summed E-state index contributed by atoms with van der Waals surface area (Å²) in [5.74, 6) is 1.06. The van der Waals surface area contributed by atoms with Crippen LogP contribution in [-0.2, 0) is 0 Å². The summed E-state index contributed by atoms with van der Waals surface area (Å²) in [6, 6.07) is 9.67. The fourth-order valence-corrected chi connectivity index (χ4v) is 4.97. The smallest absolute Gasteiger partial charge is 0.261 e. The monoisotopic (exact) mass is 354 g/mol. The van der Waals surface area contributed by atoms with Crippen LogP contribution in [0.1, 0.15) is 42.8 Å². The minimum Gasteiger partial charge on any atom is -0.348 e. The molecule has 130 valence electrons. The lowest BCUT2D eigenvalue weighted by atomic mass is 9.78. The van der Waals surface area contributed by atoms with Crippen molar-refractivity contribution < 1.29 is 4.79 Å². The van der Waals surface area contributed by atoms with Gasteiger partial charge < -0.3 is 10.3 Å². The van der Waals surface area contributed by atoms with Crippen LogP contribution in [0.15, 0.2) is 35.1 Å². The van der Waals surface area contributed by atoms with Gasteiger partial charge in [0.2, 0.25) is 0 Å². The Bertz CT molecular complexity index is 1000.